The van der Waals surface area contributed by atoms with Gasteiger partial charge in [-0.05, 0) is 19.4 Å². The van der Waals surface area contributed by atoms with Crippen molar-refractivity contribution in [2.45, 2.75) is 18.9 Å². The van der Waals surface area contributed by atoms with Gasteiger partial charge in [0.1, 0.15) is 5.75 Å². The summed E-state index contributed by atoms with van der Waals surface area (Å²) in [5.41, 5.74) is 0. The number of esters is 1. The summed E-state index contributed by atoms with van der Waals surface area (Å²) in [6, 6.07) is 0.00431. The Labute approximate surface area is 95.9 Å². The molecule has 1 fully saturated rings. The fourth-order valence-electron chi connectivity index (χ4n) is 1.50. The normalized spacial score (nSPS) is 20.7. The first-order chi connectivity index (χ1) is 6.53. The average molecular weight is 258 g/mol. The monoisotopic (exact) mass is 257 g/mol. The Balaban J connectivity index is 0.00000196. The molecule has 1 rings (SSSR count). The van der Waals surface area contributed by atoms with E-state index in [1.165, 1.54) is 7.11 Å². The Morgan fingerprint density at radius 2 is 2.20 bits per heavy atom. The largest absolute Gasteiger partial charge is 0.468 e. The predicted molar refractivity (Wildman–Crippen MR) is 58.9 cm³/mol. The highest BCUT2D eigenvalue weighted by Crippen LogP contribution is 2.08. The minimum atomic E-state index is -3.31. The summed E-state index contributed by atoms with van der Waals surface area (Å²) in [6.07, 6.45) is 1.86. The quantitative estimate of drug-likeness (QED) is 0.703. The topological polar surface area (TPSA) is 72.5 Å². The molecule has 0 bridgehead atoms. The van der Waals surface area contributed by atoms with E-state index in [0.29, 0.717) is 0 Å². The first kappa shape index (κ1) is 14.7. The first-order valence-corrected chi connectivity index (χ1v) is 6.36. The van der Waals surface area contributed by atoms with E-state index >= 15 is 0 Å². The van der Waals surface area contributed by atoms with Crippen LogP contribution >= 0.6 is 12.4 Å². The van der Waals surface area contributed by atoms with Crippen molar-refractivity contribution in [3.05, 3.63) is 0 Å². The second-order valence-electron chi connectivity index (χ2n) is 3.42. The van der Waals surface area contributed by atoms with Crippen molar-refractivity contribution in [3.63, 3.8) is 0 Å². The van der Waals surface area contributed by atoms with Gasteiger partial charge >= 0.3 is 5.97 Å². The van der Waals surface area contributed by atoms with Crippen LogP contribution in [-0.4, -0.2) is 45.6 Å². The summed E-state index contributed by atoms with van der Waals surface area (Å²) in [5, 5.41) is 3.07. The highest BCUT2D eigenvalue weighted by molar-refractivity contribution is 7.92. The zero-order chi connectivity index (χ0) is 10.6. The smallest absolute Gasteiger partial charge is 0.320 e. The first-order valence-electron chi connectivity index (χ1n) is 4.54. The number of hydrogen-bond donors (Lipinski definition) is 1. The van der Waals surface area contributed by atoms with Crippen molar-refractivity contribution in [1.82, 2.24) is 5.32 Å². The van der Waals surface area contributed by atoms with E-state index in [1.807, 2.05) is 0 Å². The summed E-state index contributed by atoms with van der Waals surface area (Å²) >= 11 is 0. The van der Waals surface area contributed by atoms with Crippen molar-refractivity contribution in [1.29, 1.82) is 0 Å². The van der Waals surface area contributed by atoms with Gasteiger partial charge in [-0.1, -0.05) is 0 Å². The molecule has 0 aliphatic carbocycles. The van der Waals surface area contributed by atoms with Gasteiger partial charge in [0.05, 0.1) is 12.9 Å². The summed E-state index contributed by atoms with van der Waals surface area (Å²) in [7, 11) is -2.13. The summed E-state index contributed by atoms with van der Waals surface area (Å²) in [6.45, 7) is 0.860. The lowest BCUT2D eigenvalue weighted by atomic mass is 10.3. The van der Waals surface area contributed by atoms with Crippen LogP contribution in [0.25, 0.3) is 0 Å². The highest BCUT2D eigenvalue weighted by atomic mass is 35.5. The Hall–Kier alpha value is -0.330. The van der Waals surface area contributed by atoms with E-state index < -0.39 is 21.6 Å². The summed E-state index contributed by atoms with van der Waals surface area (Å²) in [4.78, 5) is 10.8. The van der Waals surface area contributed by atoms with Gasteiger partial charge in [0.25, 0.3) is 0 Å². The van der Waals surface area contributed by atoms with Crippen LogP contribution in [0.15, 0.2) is 0 Å². The van der Waals surface area contributed by atoms with Crippen LogP contribution < -0.4 is 5.32 Å². The molecule has 0 aromatic heterocycles. The average Bonchev–Trinajstić information content (AvgIpc) is 2.54. The molecule has 90 valence electrons. The molecule has 1 N–H and O–H groups in total. The van der Waals surface area contributed by atoms with Gasteiger partial charge in [0.15, 0.2) is 9.84 Å². The summed E-state index contributed by atoms with van der Waals surface area (Å²) < 4.78 is 27.1. The van der Waals surface area contributed by atoms with Crippen LogP contribution in [0, 0.1) is 0 Å². The van der Waals surface area contributed by atoms with Crippen molar-refractivity contribution in [2.24, 2.45) is 0 Å². The number of ether oxygens (including phenoxy) is 1. The molecule has 0 spiro atoms. The number of methoxy groups -OCH3 is 1. The third-order valence-corrected chi connectivity index (χ3v) is 3.77. The van der Waals surface area contributed by atoms with Gasteiger partial charge in [-0.2, -0.15) is 0 Å². The van der Waals surface area contributed by atoms with Crippen LogP contribution in [-0.2, 0) is 19.4 Å². The van der Waals surface area contributed by atoms with Gasteiger partial charge in [-0.3, -0.25) is 4.79 Å². The van der Waals surface area contributed by atoms with Gasteiger partial charge in [0.2, 0.25) is 0 Å². The Morgan fingerprint density at radius 1 is 1.53 bits per heavy atom. The minimum absolute atomic E-state index is 0. The Kier molecular flexibility index (Phi) is 6.16. The molecule has 1 saturated heterocycles. The second-order valence-corrected chi connectivity index (χ2v) is 5.53. The number of rotatable bonds is 4. The van der Waals surface area contributed by atoms with Gasteiger partial charge in [-0.25, -0.2) is 8.42 Å². The van der Waals surface area contributed by atoms with E-state index in [2.05, 4.69) is 10.1 Å². The number of hydrogen-bond acceptors (Lipinski definition) is 5. The molecule has 1 unspecified atom stereocenters. The van der Waals surface area contributed by atoms with Gasteiger partial charge < -0.3 is 10.1 Å². The van der Waals surface area contributed by atoms with E-state index in [-0.39, 0.29) is 24.2 Å². The minimum Gasteiger partial charge on any atom is -0.468 e. The fraction of sp³-hybridized carbons (Fsp3) is 0.875. The lowest BCUT2D eigenvalue weighted by Gasteiger charge is -2.09. The molecule has 0 aromatic carbocycles. The molecule has 5 nitrogen and oxygen atoms in total. The number of carbonyl (C=O) groups excluding carboxylic acids is 1. The van der Waals surface area contributed by atoms with E-state index in [4.69, 9.17) is 0 Å². The highest BCUT2D eigenvalue weighted by Gasteiger charge is 2.24. The maximum atomic E-state index is 11.4. The van der Waals surface area contributed by atoms with E-state index in [0.717, 1.165) is 19.4 Å². The molecule has 1 heterocycles. The summed E-state index contributed by atoms with van der Waals surface area (Å²) in [5.74, 6) is -1.17. The SMILES string of the molecule is COC(=O)CS(=O)(=O)CC1CCCN1.Cl. The van der Waals surface area contributed by atoms with Crippen molar-refractivity contribution in [2.75, 3.05) is 25.2 Å². The third-order valence-electron chi connectivity index (χ3n) is 2.18. The van der Waals surface area contributed by atoms with Gasteiger partial charge in [0, 0.05) is 6.04 Å². The van der Waals surface area contributed by atoms with Crippen molar-refractivity contribution in [3.8, 4) is 0 Å². The fourth-order valence-corrected chi connectivity index (χ4v) is 3.00. The van der Waals surface area contributed by atoms with Crippen molar-refractivity contribution < 1.29 is 17.9 Å². The molecule has 7 heteroatoms. The molecular formula is C8H16ClNO4S. The number of sulfone groups is 1. The number of halogens is 1. The van der Waals surface area contributed by atoms with Gasteiger partial charge in [-0.15, -0.1) is 12.4 Å². The number of carbonyl (C=O) groups is 1. The lowest BCUT2D eigenvalue weighted by Crippen LogP contribution is -2.32. The molecule has 0 amide bonds. The number of nitrogens with one attached hydrogen (secondary N) is 1. The molecule has 1 atom stereocenters. The zero-order valence-electron chi connectivity index (χ0n) is 8.56. The third kappa shape index (κ3) is 5.34. The Bertz CT molecular complexity index is 298. The maximum Gasteiger partial charge on any atom is 0.320 e. The molecule has 0 aromatic rings. The molecule has 0 saturated carbocycles. The molecule has 1 aliphatic heterocycles. The molecule has 15 heavy (non-hydrogen) atoms. The zero-order valence-corrected chi connectivity index (χ0v) is 10.2. The van der Waals surface area contributed by atoms with Crippen LogP contribution in [0.2, 0.25) is 0 Å². The molecule has 1 aliphatic rings. The van der Waals surface area contributed by atoms with Crippen LogP contribution in [0.1, 0.15) is 12.8 Å². The maximum absolute atomic E-state index is 11.4. The van der Waals surface area contributed by atoms with E-state index in [1.54, 1.807) is 0 Å². The van der Waals surface area contributed by atoms with Crippen LogP contribution in [0.4, 0.5) is 0 Å². The molecular weight excluding hydrogens is 242 g/mol. The van der Waals surface area contributed by atoms with Crippen LogP contribution in [0.5, 0.6) is 0 Å². The second kappa shape index (κ2) is 6.30. The van der Waals surface area contributed by atoms with Crippen LogP contribution in [0.3, 0.4) is 0 Å². The predicted octanol–water partition coefficient (Wildman–Crippen LogP) is -0.252. The Morgan fingerprint density at radius 3 is 2.67 bits per heavy atom. The van der Waals surface area contributed by atoms with Crippen molar-refractivity contribution >= 4 is 28.2 Å². The lowest BCUT2D eigenvalue weighted by molar-refractivity contribution is -0.137. The van der Waals surface area contributed by atoms with E-state index in [9.17, 15) is 13.2 Å². The standard InChI is InChI=1S/C8H15NO4S.ClH/c1-13-8(10)6-14(11,12)5-7-3-2-4-9-7;/h7,9H,2-6H2,1H3;1H. The molecule has 0 radical (unpaired) electrons.